The van der Waals surface area contributed by atoms with Gasteiger partial charge in [-0.25, -0.2) is 10.2 Å². The van der Waals surface area contributed by atoms with Gasteiger partial charge in [0.2, 0.25) is 5.75 Å². The third-order valence-corrected chi connectivity index (χ3v) is 6.47. The van der Waals surface area contributed by atoms with Gasteiger partial charge < -0.3 is 29.0 Å². The predicted octanol–water partition coefficient (Wildman–Crippen LogP) is 5.25. The number of hydrogen-bond donors (Lipinski definition) is 2. The molecule has 0 aliphatic heterocycles. The highest BCUT2D eigenvalue weighted by molar-refractivity contribution is 6.05. The summed E-state index contributed by atoms with van der Waals surface area (Å²) in [5.41, 5.74) is 3.74. The van der Waals surface area contributed by atoms with Crippen LogP contribution in [-0.2, 0) is 0 Å². The molecule has 4 aromatic carbocycles. The Bertz CT molecular complexity index is 1800. The number of nitro benzene ring substituents is 1. The van der Waals surface area contributed by atoms with Gasteiger partial charge in [-0.2, -0.15) is 5.10 Å². The summed E-state index contributed by atoms with van der Waals surface area (Å²) in [5.74, 6) is -0.417. The standard InChI is InChI=1S/C33H30N4O10/c1-5-46-27-15-20(9-14-26(27)47-33(40)23-17-28(43-2)30(45-4)29(18-23)44-3)19-34-36-32(39)22-7-6-8-24(16-22)35-31(38)21-10-12-25(13-11-21)37(41)42/h6-19H,5H2,1-4H3,(H,35,38)(H,36,39). The van der Waals surface area contributed by atoms with Crippen molar-refractivity contribution in [2.45, 2.75) is 6.92 Å². The van der Waals surface area contributed by atoms with Crippen LogP contribution in [0.3, 0.4) is 0 Å². The van der Waals surface area contributed by atoms with E-state index in [0.29, 0.717) is 17.0 Å². The number of ether oxygens (including phenoxy) is 5. The van der Waals surface area contributed by atoms with Gasteiger partial charge in [-0.05, 0) is 73.2 Å². The van der Waals surface area contributed by atoms with Crippen LogP contribution in [0, 0.1) is 10.1 Å². The Balaban J connectivity index is 1.42. The summed E-state index contributed by atoms with van der Waals surface area (Å²) in [6.07, 6.45) is 1.38. The first-order chi connectivity index (χ1) is 22.7. The minimum atomic E-state index is -0.690. The molecule has 0 saturated heterocycles. The Morgan fingerprint density at radius 1 is 0.787 bits per heavy atom. The second kappa shape index (κ2) is 15.5. The van der Waals surface area contributed by atoms with E-state index in [9.17, 15) is 24.5 Å². The monoisotopic (exact) mass is 642 g/mol. The molecule has 0 heterocycles. The number of nitrogens with zero attached hydrogens (tertiary/aromatic N) is 2. The van der Waals surface area contributed by atoms with E-state index in [4.69, 9.17) is 23.7 Å². The number of anilines is 1. The van der Waals surface area contributed by atoms with Gasteiger partial charge in [0.1, 0.15) is 0 Å². The number of nitro groups is 1. The predicted molar refractivity (Wildman–Crippen MR) is 171 cm³/mol. The number of amides is 2. The summed E-state index contributed by atoms with van der Waals surface area (Å²) < 4.78 is 27.2. The minimum Gasteiger partial charge on any atom is -0.493 e. The van der Waals surface area contributed by atoms with E-state index in [-0.39, 0.29) is 52.0 Å². The van der Waals surface area contributed by atoms with Crippen LogP contribution in [0.15, 0.2) is 84.0 Å². The van der Waals surface area contributed by atoms with Crippen molar-refractivity contribution in [2.75, 3.05) is 33.3 Å². The molecule has 0 aliphatic carbocycles. The molecule has 0 spiro atoms. The van der Waals surface area contributed by atoms with Crippen LogP contribution in [0.4, 0.5) is 11.4 Å². The number of hydrogen-bond acceptors (Lipinski definition) is 11. The zero-order valence-electron chi connectivity index (χ0n) is 25.8. The molecule has 4 aromatic rings. The third kappa shape index (κ3) is 8.39. The second-order valence-electron chi connectivity index (χ2n) is 9.48. The molecule has 0 atom stereocenters. The van der Waals surface area contributed by atoms with Crippen LogP contribution in [0.5, 0.6) is 28.7 Å². The molecule has 242 valence electrons. The van der Waals surface area contributed by atoms with Gasteiger partial charge in [0.15, 0.2) is 23.0 Å². The molecule has 0 aliphatic rings. The quantitative estimate of drug-likeness (QED) is 0.0643. The molecule has 14 nitrogen and oxygen atoms in total. The number of methoxy groups -OCH3 is 3. The lowest BCUT2D eigenvalue weighted by molar-refractivity contribution is -0.384. The lowest BCUT2D eigenvalue weighted by atomic mass is 10.1. The van der Waals surface area contributed by atoms with Crippen molar-refractivity contribution in [3.8, 4) is 28.7 Å². The molecule has 47 heavy (non-hydrogen) atoms. The van der Waals surface area contributed by atoms with E-state index < -0.39 is 22.7 Å². The highest BCUT2D eigenvalue weighted by atomic mass is 16.6. The number of benzene rings is 4. The average Bonchev–Trinajstić information content (AvgIpc) is 3.08. The lowest BCUT2D eigenvalue weighted by Crippen LogP contribution is -2.18. The molecular weight excluding hydrogens is 612 g/mol. The Labute approximate surface area is 269 Å². The van der Waals surface area contributed by atoms with Crippen molar-refractivity contribution in [2.24, 2.45) is 5.10 Å². The van der Waals surface area contributed by atoms with E-state index in [1.807, 2.05) is 0 Å². The summed E-state index contributed by atoms with van der Waals surface area (Å²) in [7, 11) is 4.33. The summed E-state index contributed by atoms with van der Waals surface area (Å²) in [6.45, 7) is 2.05. The van der Waals surface area contributed by atoms with Gasteiger partial charge >= 0.3 is 5.97 Å². The number of rotatable bonds is 13. The zero-order valence-corrected chi connectivity index (χ0v) is 25.8. The van der Waals surface area contributed by atoms with Crippen molar-refractivity contribution < 1.29 is 43.0 Å². The van der Waals surface area contributed by atoms with E-state index in [2.05, 4.69) is 15.8 Å². The maximum atomic E-state index is 13.0. The van der Waals surface area contributed by atoms with Crippen molar-refractivity contribution in [3.63, 3.8) is 0 Å². The van der Waals surface area contributed by atoms with Gasteiger partial charge in [0, 0.05) is 28.9 Å². The van der Waals surface area contributed by atoms with Crippen LogP contribution < -0.4 is 34.4 Å². The smallest absolute Gasteiger partial charge is 0.343 e. The van der Waals surface area contributed by atoms with E-state index in [1.54, 1.807) is 31.2 Å². The van der Waals surface area contributed by atoms with Crippen molar-refractivity contribution >= 4 is 35.4 Å². The third-order valence-electron chi connectivity index (χ3n) is 6.47. The first-order valence-electron chi connectivity index (χ1n) is 14.0. The van der Waals surface area contributed by atoms with Gasteiger partial charge in [-0.3, -0.25) is 19.7 Å². The number of esters is 1. The first-order valence-corrected chi connectivity index (χ1v) is 14.0. The summed E-state index contributed by atoms with van der Waals surface area (Å²) >= 11 is 0. The fraction of sp³-hybridized carbons (Fsp3) is 0.152. The summed E-state index contributed by atoms with van der Waals surface area (Å²) in [4.78, 5) is 48.6. The Kier molecular flexibility index (Phi) is 11.0. The number of nitrogens with one attached hydrogen (secondary N) is 2. The zero-order chi connectivity index (χ0) is 33.9. The summed E-state index contributed by atoms with van der Waals surface area (Å²) in [5, 5.41) is 17.5. The molecular formula is C33H30N4O10. The maximum absolute atomic E-state index is 13.0. The SMILES string of the molecule is CCOc1cc(C=NNC(=O)c2cccc(NC(=O)c3ccc([N+](=O)[O-])cc3)c2)ccc1OC(=O)c1cc(OC)c(OC)c(OC)c1. The van der Waals surface area contributed by atoms with E-state index in [0.717, 1.165) is 0 Å². The Hall–Kier alpha value is -6.44. The molecule has 2 amide bonds. The molecule has 2 N–H and O–H groups in total. The first kappa shape index (κ1) is 33.5. The summed E-state index contributed by atoms with van der Waals surface area (Å²) in [6, 6.07) is 19.0. The Morgan fingerprint density at radius 3 is 2.11 bits per heavy atom. The Morgan fingerprint density at radius 2 is 1.49 bits per heavy atom. The molecule has 4 rings (SSSR count). The molecule has 0 radical (unpaired) electrons. The largest absolute Gasteiger partial charge is 0.493 e. The van der Waals surface area contributed by atoms with Gasteiger partial charge in [-0.15, -0.1) is 0 Å². The van der Waals surface area contributed by atoms with Crippen LogP contribution >= 0.6 is 0 Å². The van der Waals surface area contributed by atoms with Crippen molar-refractivity contribution in [1.82, 2.24) is 5.43 Å². The van der Waals surface area contributed by atoms with Gasteiger partial charge in [-0.1, -0.05) is 6.07 Å². The van der Waals surface area contributed by atoms with E-state index >= 15 is 0 Å². The average molecular weight is 643 g/mol. The second-order valence-corrected chi connectivity index (χ2v) is 9.48. The highest BCUT2D eigenvalue weighted by Crippen LogP contribution is 2.39. The van der Waals surface area contributed by atoms with Crippen LogP contribution in [-0.4, -0.2) is 56.9 Å². The number of carbonyl (C=O) groups is 3. The fourth-order valence-corrected chi connectivity index (χ4v) is 4.22. The highest BCUT2D eigenvalue weighted by Gasteiger charge is 2.20. The van der Waals surface area contributed by atoms with E-state index in [1.165, 1.54) is 82.1 Å². The molecule has 0 bridgehead atoms. The normalized spacial score (nSPS) is 10.6. The minimum absolute atomic E-state index is 0.137. The topological polar surface area (TPSA) is 177 Å². The molecule has 0 aromatic heterocycles. The van der Waals surface area contributed by atoms with Crippen molar-refractivity contribution in [3.05, 3.63) is 111 Å². The van der Waals surface area contributed by atoms with Gasteiger partial charge in [0.05, 0.1) is 44.6 Å². The molecule has 0 unspecified atom stereocenters. The molecule has 0 fully saturated rings. The molecule has 0 saturated carbocycles. The van der Waals surface area contributed by atoms with Crippen LogP contribution in [0.1, 0.15) is 43.6 Å². The van der Waals surface area contributed by atoms with Crippen LogP contribution in [0.2, 0.25) is 0 Å². The number of non-ortho nitro benzene ring substituents is 1. The lowest BCUT2D eigenvalue weighted by Gasteiger charge is -2.15. The van der Waals surface area contributed by atoms with Gasteiger partial charge in [0.25, 0.3) is 17.5 Å². The fourth-order valence-electron chi connectivity index (χ4n) is 4.22. The number of hydrazone groups is 1. The maximum Gasteiger partial charge on any atom is 0.343 e. The van der Waals surface area contributed by atoms with Crippen LogP contribution in [0.25, 0.3) is 0 Å². The van der Waals surface area contributed by atoms with Crippen molar-refractivity contribution in [1.29, 1.82) is 0 Å². The number of carbonyl (C=O) groups excluding carboxylic acids is 3. The molecule has 14 heteroatoms.